The van der Waals surface area contributed by atoms with Crippen molar-refractivity contribution in [1.29, 1.82) is 0 Å². The van der Waals surface area contributed by atoms with Crippen LogP contribution < -0.4 is 10.2 Å². The lowest BCUT2D eigenvalue weighted by molar-refractivity contribution is -0.118. The largest absolute Gasteiger partial charge is 0.431 e. The first-order valence-electron chi connectivity index (χ1n) is 11.0. The Morgan fingerprint density at radius 3 is 2.57 bits per heavy atom. The van der Waals surface area contributed by atoms with Crippen LogP contribution in [0.15, 0.2) is 87.5 Å². The Bertz CT molecular complexity index is 1340. The predicted octanol–water partition coefficient (Wildman–Crippen LogP) is 5.59. The Hall–Kier alpha value is -3.91. The molecule has 0 aliphatic carbocycles. The van der Waals surface area contributed by atoms with Gasteiger partial charge < -0.3 is 9.15 Å². The Morgan fingerprint density at radius 1 is 1.06 bits per heavy atom. The third-order valence-corrected chi connectivity index (χ3v) is 5.89. The van der Waals surface area contributed by atoms with Crippen LogP contribution in [0.1, 0.15) is 42.3 Å². The Balaban J connectivity index is 1.29. The summed E-state index contributed by atoms with van der Waals surface area (Å²) >= 11 is 1.19. The number of amides is 1. The van der Waals surface area contributed by atoms with Crippen LogP contribution in [0.5, 0.6) is 5.75 Å². The molecule has 0 bridgehead atoms. The molecule has 0 radical (unpaired) electrons. The molecule has 0 fully saturated rings. The van der Waals surface area contributed by atoms with Gasteiger partial charge in [-0.3, -0.25) is 4.79 Å². The zero-order valence-electron chi connectivity index (χ0n) is 19.6. The number of aromatic nitrogens is 1. The summed E-state index contributed by atoms with van der Waals surface area (Å²) in [5, 5.41) is 4.40. The van der Waals surface area contributed by atoms with Crippen LogP contribution >= 0.6 is 11.8 Å². The van der Waals surface area contributed by atoms with Gasteiger partial charge in [-0.25, -0.2) is 15.2 Å². The van der Waals surface area contributed by atoms with Gasteiger partial charge in [0.15, 0.2) is 5.58 Å². The van der Waals surface area contributed by atoms with Gasteiger partial charge in [0.2, 0.25) is 0 Å². The van der Waals surface area contributed by atoms with E-state index in [2.05, 4.69) is 36.3 Å². The van der Waals surface area contributed by atoms with Crippen LogP contribution in [0.2, 0.25) is 0 Å². The molecule has 0 saturated carbocycles. The first-order valence-corrected chi connectivity index (χ1v) is 12.0. The number of hydrogen-bond donors (Lipinski definition) is 1. The fourth-order valence-corrected chi connectivity index (χ4v) is 3.81. The van der Waals surface area contributed by atoms with Crippen molar-refractivity contribution in [2.75, 3.05) is 5.75 Å². The number of carbonyl (C=O) groups is 2. The molecule has 0 atom stereocenters. The summed E-state index contributed by atoms with van der Waals surface area (Å²) in [6, 6.07) is 21.7. The fraction of sp³-hybridized carbons (Fsp3) is 0.185. The quantitative estimate of drug-likeness (QED) is 0.120. The maximum atomic E-state index is 12.5. The first kappa shape index (κ1) is 24.2. The Labute approximate surface area is 207 Å². The third kappa shape index (κ3) is 6.58. The molecule has 4 aromatic rings. The average molecular weight is 488 g/mol. The van der Waals surface area contributed by atoms with Gasteiger partial charge in [-0.1, -0.05) is 68.9 Å². The second-order valence-electron chi connectivity index (χ2n) is 8.82. The maximum absolute atomic E-state index is 12.5. The van der Waals surface area contributed by atoms with Crippen LogP contribution in [0, 0.1) is 0 Å². The van der Waals surface area contributed by atoms with Gasteiger partial charge in [0.05, 0.1) is 17.5 Å². The predicted molar refractivity (Wildman–Crippen MR) is 137 cm³/mol. The highest BCUT2D eigenvalue weighted by molar-refractivity contribution is 7.99. The van der Waals surface area contributed by atoms with Crippen LogP contribution in [0.4, 0.5) is 0 Å². The van der Waals surface area contributed by atoms with Crippen molar-refractivity contribution in [3.63, 3.8) is 0 Å². The van der Waals surface area contributed by atoms with Gasteiger partial charge in [0, 0.05) is 0 Å². The summed E-state index contributed by atoms with van der Waals surface area (Å²) in [4.78, 5) is 28.9. The molecule has 1 aromatic heterocycles. The number of esters is 1. The zero-order valence-corrected chi connectivity index (χ0v) is 20.5. The lowest BCUT2D eigenvalue weighted by Gasteiger charge is -2.18. The van der Waals surface area contributed by atoms with Crippen LogP contribution in [-0.2, 0) is 10.2 Å². The van der Waals surface area contributed by atoms with Crippen molar-refractivity contribution >= 4 is 41.0 Å². The van der Waals surface area contributed by atoms with E-state index in [4.69, 9.17) is 9.15 Å². The molecule has 178 valence electrons. The molecular formula is C27H25N3O4S. The molecule has 1 heterocycles. The summed E-state index contributed by atoms with van der Waals surface area (Å²) in [7, 11) is 0. The van der Waals surface area contributed by atoms with E-state index in [0.717, 1.165) is 11.1 Å². The number of ether oxygens (including phenoxy) is 1. The monoisotopic (exact) mass is 487 g/mol. The van der Waals surface area contributed by atoms with Gasteiger partial charge in [0.1, 0.15) is 11.3 Å². The van der Waals surface area contributed by atoms with E-state index in [1.165, 1.54) is 18.0 Å². The number of para-hydroxylation sites is 2. The molecule has 0 saturated heterocycles. The van der Waals surface area contributed by atoms with Crippen molar-refractivity contribution in [3.8, 4) is 5.75 Å². The number of benzene rings is 3. The van der Waals surface area contributed by atoms with Gasteiger partial charge in [-0.2, -0.15) is 5.10 Å². The van der Waals surface area contributed by atoms with E-state index >= 15 is 0 Å². The van der Waals surface area contributed by atoms with Crippen molar-refractivity contribution in [1.82, 2.24) is 10.4 Å². The molecule has 8 heteroatoms. The lowest BCUT2D eigenvalue weighted by atomic mass is 9.87. The van der Waals surface area contributed by atoms with E-state index in [1.807, 2.05) is 36.4 Å². The highest BCUT2D eigenvalue weighted by Gasteiger charge is 2.15. The van der Waals surface area contributed by atoms with E-state index in [1.54, 1.807) is 36.4 Å². The summed E-state index contributed by atoms with van der Waals surface area (Å²) < 4.78 is 11.1. The standard InChI is InChI=1S/C27H25N3O4S/c1-27(2,3)20-13-11-19(12-14-20)25(32)33-21-8-6-7-18(15-21)16-28-30-24(31)17-35-26-29-22-9-4-5-10-23(22)34-26/h4-16H,17H2,1-3H3,(H,30,31)/b28-16+. The van der Waals surface area contributed by atoms with Gasteiger partial charge >= 0.3 is 5.97 Å². The molecular weight excluding hydrogens is 462 g/mol. The third-order valence-electron chi connectivity index (χ3n) is 5.06. The second-order valence-corrected chi connectivity index (χ2v) is 9.75. The van der Waals surface area contributed by atoms with E-state index < -0.39 is 5.97 Å². The topological polar surface area (TPSA) is 93.8 Å². The number of thioether (sulfide) groups is 1. The molecule has 4 rings (SSSR count). The minimum absolute atomic E-state index is 0.00845. The van der Waals surface area contributed by atoms with Crippen LogP contribution in [0.3, 0.4) is 0 Å². The number of nitrogens with zero attached hydrogens (tertiary/aromatic N) is 2. The maximum Gasteiger partial charge on any atom is 0.343 e. The summed E-state index contributed by atoms with van der Waals surface area (Å²) in [6.45, 7) is 6.35. The number of fused-ring (bicyclic) bond motifs is 1. The zero-order chi connectivity index (χ0) is 24.8. The van der Waals surface area contributed by atoms with Crippen molar-refractivity contribution in [2.24, 2.45) is 5.10 Å². The number of hydrazone groups is 1. The molecule has 0 unspecified atom stereocenters. The van der Waals surface area contributed by atoms with Gasteiger partial charge in [-0.05, 0) is 52.9 Å². The summed E-state index contributed by atoms with van der Waals surface area (Å²) in [5.74, 6) is -0.244. The summed E-state index contributed by atoms with van der Waals surface area (Å²) in [5.41, 5.74) is 6.19. The number of hydrogen-bond acceptors (Lipinski definition) is 7. The molecule has 0 spiro atoms. The average Bonchev–Trinajstić information content (AvgIpc) is 3.26. The SMILES string of the molecule is CC(C)(C)c1ccc(C(=O)Oc2cccc(/C=N/NC(=O)CSc3nc4ccccc4o3)c2)cc1. The highest BCUT2D eigenvalue weighted by Crippen LogP contribution is 2.24. The van der Waals surface area contributed by atoms with Gasteiger partial charge in [-0.15, -0.1) is 0 Å². The molecule has 3 aromatic carbocycles. The number of oxazole rings is 1. The molecule has 1 amide bonds. The Morgan fingerprint density at radius 2 is 1.83 bits per heavy atom. The molecule has 0 aliphatic heterocycles. The lowest BCUT2D eigenvalue weighted by Crippen LogP contribution is -2.19. The number of rotatable bonds is 7. The van der Waals surface area contributed by atoms with Crippen LogP contribution in [0.25, 0.3) is 11.1 Å². The molecule has 0 aliphatic rings. The highest BCUT2D eigenvalue weighted by atomic mass is 32.2. The number of carbonyl (C=O) groups excluding carboxylic acids is 2. The molecule has 7 nitrogen and oxygen atoms in total. The second kappa shape index (κ2) is 10.6. The summed E-state index contributed by atoms with van der Waals surface area (Å²) in [6.07, 6.45) is 1.48. The van der Waals surface area contributed by atoms with Crippen molar-refractivity contribution in [2.45, 2.75) is 31.4 Å². The normalized spacial score (nSPS) is 11.6. The molecule has 1 N–H and O–H groups in total. The number of nitrogens with one attached hydrogen (secondary N) is 1. The minimum Gasteiger partial charge on any atom is -0.431 e. The fourth-order valence-electron chi connectivity index (χ4n) is 3.18. The smallest absolute Gasteiger partial charge is 0.343 e. The first-order chi connectivity index (χ1) is 16.8. The van der Waals surface area contributed by atoms with E-state index in [9.17, 15) is 9.59 Å². The van der Waals surface area contributed by atoms with E-state index in [-0.39, 0.29) is 17.1 Å². The molecule has 35 heavy (non-hydrogen) atoms. The van der Waals surface area contributed by atoms with Crippen LogP contribution in [-0.4, -0.2) is 28.8 Å². The van der Waals surface area contributed by atoms with Crippen molar-refractivity contribution in [3.05, 3.63) is 89.5 Å². The van der Waals surface area contributed by atoms with Crippen molar-refractivity contribution < 1.29 is 18.7 Å². The van der Waals surface area contributed by atoms with E-state index in [0.29, 0.717) is 27.7 Å². The Kier molecular flexibility index (Phi) is 7.31. The van der Waals surface area contributed by atoms with Gasteiger partial charge in [0.25, 0.3) is 11.1 Å². The minimum atomic E-state index is -0.441.